The van der Waals surface area contributed by atoms with Crippen LogP contribution in [0.3, 0.4) is 0 Å². The summed E-state index contributed by atoms with van der Waals surface area (Å²) in [6.07, 6.45) is -0.267. The van der Waals surface area contributed by atoms with Crippen LogP contribution in [0.2, 0.25) is 5.02 Å². The molecule has 0 heterocycles. The average molecular weight is 295 g/mol. The lowest BCUT2D eigenvalue weighted by Crippen LogP contribution is -2.26. The Balaban J connectivity index is 2.08. The Labute approximate surface area is 121 Å². The fourth-order valence-corrected chi connectivity index (χ4v) is 1.92. The van der Waals surface area contributed by atoms with E-state index in [0.29, 0.717) is 17.2 Å². The molecule has 0 aliphatic heterocycles. The van der Waals surface area contributed by atoms with E-state index in [1.807, 2.05) is 30.3 Å². The number of hydrogen-bond donors (Lipinski definition) is 0. The van der Waals surface area contributed by atoms with E-state index in [4.69, 9.17) is 27.9 Å². The topological polar surface area (TPSA) is 26.3 Å². The maximum Gasteiger partial charge on any atom is 0.262 e. The SMILES string of the molecule is O=C(Cl)C(Cc1ccccc1)Oc1ccc(Cl)cc1. The largest absolute Gasteiger partial charge is 0.481 e. The van der Waals surface area contributed by atoms with Gasteiger partial charge in [0.2, 0.25) is 0 Å². The third kappa shape index (κ3) is 4.27. The third-order valence-electron chi connectivity index (χ3n) is 2.61. The molecular weight excluding hydrogens is 283 g/mol. The van der Waals surface area contributed by atoms with Gasteiger partial charge in [-0.1, -0.05) is 41.9 Å². The Hall–Kier alpha value is -1.51. The molecule has 2 rings (SSSR count). The van der Waals surface area contributed by atoms with Gasteiger partial charge in [0.05, 0.1) is 0 Å². The molecule has 19 heavy (non-hydrogen) atoms. The summed E-state index contributed by atoms with van der Waals surface area (Å²) in [6, 6.07) is 16.4. The van der Waals surface area contributed by atoms with Gasteiger partial charge in [-0.05, 0) is 41.4 Å². The zero-order valence-corrected chi connectivity index (χ0v) is 11.6. The molecule has 1 unspecified atom stereocenters. The molecule has 2 aromatic rings. The summed E-state index contributed by atoms with van der Waals surface area (Å²) in [7, 11) is 0. The van der Waals surface area contributed by atoms with Crippen molar-refractivity contribution in [3.05, 3.63) is 65.2 Å². The van der Waals surface area contributed by atoms with E-state index in [1.54, 1.807) is 24.3 Å². The van der Waals surface area contributed by atoms with Crippen LogP contribution in [0.25, 0.3) is 0 Å². The molecule has 0 bridgehead atoms. The number of rotatable bonds is 5. The first-order valence-electron chi connectivity index (χ1n) is 5.80. The highest BCUT2D eigenvalue weighted by molar-refractivity contribution is 6.64. The molecule has 0 spiro atoms. The molecule has 98 valence electrons. The van der Waals surface area contributed by atoms with Gasteiger partial charge in [-0.2, -0.15) is 0 Å². The van der Waals surface area contributed by atoms with Crippen LogP contribution in [0.1, 0.15) is 5.56 Å². The Bertz CT molecular complexity index is 538. The van der Waals surface area contributed by atoms with Crippen molar-refractivity contribution in [2.75, 3.05) is 0 Å². The van der Waals surface area contributed by atoms with Crippen molar-refractivity contribution < 1.29 is 9.53 Å². The standard InChI is InChI=1S/C15H12Cl2O2/c16-12-6-8-13(9-7-12)19-14(15(17)18)10-11-4-2-1-3-5-11/h1-9,14H,10H2. The number of hydrogen-bond acceptors (Lipinski definition) is 2. The van der Waals surface area contributed by atoms with Gasteiger partial charge in [0.15, 0.2) is 6.10 Å². The van der Waals surface area contributed by atoms with Crippen molar-refractivity contribution in [2.45, 2.75) is 12.5 Å². The van der Waals surface area contributed by atoms with Crippen molar-refractivity contribution in [3.8, 4) is 5.75 Å². The van der Waals surface area contributed by atoms with Crippen LogP contribution in [0.5, 0.6) is 5.75 Å². The molecule has 0 amide bonds. The van der Waals surface area contributed by atoms with Crippen molar-refractivity contribution in [2.24, 2.45) is 0 Å². The number of ether oxygens (including phenoxy) is 1. The number of halogens is 2. The van der Waals surface area contributed by atoms with Gasteiger partial charge < -0.3 is 4.74 Å². The lowest BCUT2D eigenvalue weighted by atomic mass is 10.1. The quantitative estimate of drug-likeness (QED) is 0.776. The van der Waals surface area contributed by atoms with Crippen LogP contribution < -0.4 is 4.74 Å². The van der Waals surface area contributed by atoms with Crippen LogP contribution in [-0.4, -0.2) is 11.3 Å². The van der Waals surface area contributed by atoms with E-state index < -0.39 is 11.3 Å². The van der Waals surface area contributed by atoms with E-state index in [2.05, 4.69) is 0 Å². The van der Waals surface area contributed by atoms with Gasteiger partial charge in [0.25, 0.3) is 5.24 Å². The molecule has 0 N–H and O–H groups in total. The van der Waals surface area contributed by atoms with Gasteiger partial charge in [-0.25, -0.2) is 0 Å². The Kier molecular flexibility index (Phi) is 4.83. The van der Waals surface area contributed by atoms with E-state index >= 15 is 0 Å². The van der Waals surface area contributed by atoms with E-state index in [0.717, 1.165) is 5.56 Å². The monoisotopic (exact) mass is 294 g/mol. The zero-order chi connectivity index (χ0) is 13.7. The lowest BCUT2D eigenvalue weighted by Gasteiger charge is -2.15. The van der Waals surface area contributed by atoms with Crippen LogP contribution in [0.15, 0.2) is 54.6 Å². The van der Waals surface area contributed by atoms with E-state index in [-0.39, 0.29) is 0 Å². The molecular formula is C15H12Cl2O2. The Morgan fingerprint density at radius 2 is 1.68 bits per heavy atom. The fraction of sp³-hybridized carbons (Fsp3) is 0.133. The highest BCUT2D eigenvalue weighted by atomic mass is 35.5. The Morgan fingerprint density at radius 3 is 2.26 bits per heavy atom. The molecule has 0 fully saturated rings. The van der Waals surface area contributed by atoms with E-state index in [1.165, 1.54) is 0 Å². The summed E-state index contributed by atoms with van der Waals surface area (Å²) in [5.41, 5.74) is 0.996. The summed E-state index contributed by atoms with van der Waals surface area (Å²) >= 11 is 11.4. The first-order valence-corrected chi connectivity index (χ1v) is 6.56. The maximum absolute atomic E-state index is 11.4. The third-order valence-corrected chi connectivity index (χ3v) is 3.10. The van der Waals surface area contributed by atoms with Crippen molar-refractivity contribution in [3.63, 3.8) is 0 Å². The summed E-state index contributed by atoms with van der Waals surface area (Å²) in [5, 5.41) is 0.1000. The molecule has 2 nitrogen and oxygen atoms in total. The first-order chi connectivity index (χ1) is 9.15. The van der Waals surface area contributed by atoms with Crippen molar-refractivity contribution in [1.29, 1.82) is 0 Å². The Morgan fingerprint density at radius 1 is 1.05 bits per heavy atom. The predicted octanol–water partition coefficient (Wildman–Crippen LogP) is 4.10. The van der Waals surface area contributed by atoms with Crippen LogP contribution in [0, 0.1) is 0 Å². The molecule has 0 aliphatic rings. The highest BCUT2D eigenvalue weighted by Gasteiger charge is 2.18. The maximum atomic E-state index is 11.4. The van der Waals surface area contributed by atoms with Crippen LogP contribution in [0.4, 0.5) is 0 Å². The van der Waals surface area contributed by atoms with Crippen molar-refractivity contribution >= 4 is 28.4 Å². The zero-order valence-electron chi connectivity index (χ0n) is 10.1. The van der Waals surface area contributed by atoms with Gasteiger partial charge in [-0.15, -0.1) is 0 Å². The van der Waals surface area contributed by atoms with E-state index in [9.17, 15) is 4.79 Å². The summed E-state index contributed by atoms with van der Waals surface area (Å²) in [4.78, 5) is 11.4. The van der Waals surface area contributed by atoms with Gasteiger partial charge in [-0.3, -0.25) is 4.79 Å². The minimum atomic E-state index is -0.703. The van der Waals surface area contributed by atoms with Gasteiger partial charge >= 0.3 is 0 Å². The second-order valence-corrected chi connectivity index (χ2v) is 4.86. The number of carbonyl (C=O) groups is 1. The highest BCUT2D eigenvalue weighted by Crippen LogP contribution is 2.19. The summed E-state index contributed by atoms with van der Waals surface area (Å²) in [5.74, 6) is 0.569. The minimum Gasteiger partial charge on any atom is -0.481 e. The molecule has 0 saturated heterocycles. The smallest absolute Gasteiger partial charge is 0.262 e. The minimum absolute atomic E-state index is 0.436. The number of carbonyl (C=O) groups excluding carboxylic acids is 1. The second-order valence-electron chi connectivity index (χ2n) is 4.05. The molecule has 1 atom stereocenters. The molecule has 2 aromatic carbocycles. The molecule has 4 heteroatoms. The van der Waals surface area contributed by atoms with Crippen molar-refractivity contribution in [1.82, 2.24) is 0 Å². The molecule has 0 radical (unpaired) electrons. The van der Waals surface area contributed by atoms with Gasteiger partial charge in [0.1, 0.15) is 5.75 Å². The second kappa shape index (κ2) is 6.60. The number of benzene rings is 2. The summed E-state index contributed by atoms with van der Waals surface area (Å²) in [6.45, 7) is 0. The molecule has 0 aliphatic carbocycles. The van der Waals surface area contributed by atoms with Gasteiger partial charge in [0, 0.05) is 11.4 Å². The van der Waals surface area contributed by atoms with Crippen LogP contribution >= 0.6 is 23.2 Å². The average Bonchev–Trinajstić information content (AvgIpc) is 2.41. The van der Waals surface area contributed by atoms with Crippen LogP contribution in [-0.2, 0) is 11.2 Å². The molecule has 0 saturated carbocycles. The lowest BCUT2D eigenvalue weighted by molar-refractivity contribution is -0.117. The molecule has 0 aromatic heterocycles. The normalized spacial score (nSPS) is 11.9. The first kappa shape index (κ1) is 13.9. The fourth-order valence-electron chi connectivity index (χ4n) is 1.67. The predicted molar refractivity (Wildman–Crippen MR) is 76.9 cm³/mol. The summed E-state index contributed by atoms with van der Waals surface area (Å²) < 4.78 is 5.59.